The first-order chi connectivity index (χ1) is 39.5. The lowest BCUT2D eigenvalue weighted by Gasteiger charge is -2.18. The zero-order valence-electron chi connectivity index (χ0n) is 54.4. The number of hydrogen-bond acceptors (Lipinski definition) is 6. The normalized spacial score (nSPS) is 12.1. The maximum Gasteiger partial charge on any atom is 0.306 e. The Kier molecular flexibility index (Phi) is 67.6. The minimum absolute atomic E-state index is 0.0685. The standard InChI is InChI=1S/C74H140O6/c1-4-7-10-13-16-19-22-24-26-28-30-31-32-33-34-35-36-37-38-39-40-41-42-43-44-46-47-49-52-55-58-61-64-67-73(76)79-70-71(69-78-72(75)66-63-60-57-54-51-21-18-15-12-9-6-3)80-74(77)68-65-62-59-56-53-50-48-45-29-27-25-23-20-17-14-11-8-5-2/h20,23,27,29,71H,4-19,21-22,24-26,28,30-70H2,1-3H3/b23-20-,29-27-. The maximum absolute atomic E-state index is 12.9. The van der Waals surface area contributed by atoms with Crippen LogP contribution in [0, 0.1) is 0 Å². The summed E-state index contributed by atoms with van der Waals surface area (Å²) in [4.78, 5) is 38.3. The van der Waals surface area contributed by atoms with E-state index in [-0.39, 0.29) is 31.1 Å². The van der Waals surface area contributed by atoms with E-state index in [2.05, 4.69) is 45.1 Å². The molecule has 0 radical (unpaired) electrons. The Morgan fingerprint density at radius 2 is 0.450 bits per heavy atom. The van der Waals surface area contributed by atoms with Crippen molar-refractivity contribution in [2.75, 3.05) is 13.2 Å². The second-order valence-corrected chi connectivity index (χ2v) is 24.9. The predicted molar refractivity (Wildman–Crippen MR) is 349 cm³/mol. The Bertz CT molecular complexity index is 1290. The van der Waals surface area contributed by atoms with Gasteiger partial charge in [0.15, 0.2) is 6.10 Å². The van der Waals surface area contributed by atoms with E-state index in [0.29, 0.717) is 19.3 Å². The van der Waals surface area contributed by atoms with Gasteiger partial charge in [-0.25, -0.2) is 0 Å². The summed E-state index contributed by atoms with van der Waals surface area (Å²) in [5, 5.41) is 0. The Morgan fingerprint density at radius 3 is 0.700 bits per heavy atom. The van der Waals surface area contributed by atoms with Crippen LogP contribution in [0.5, 0.6) is 0 Å². The lowest BCUT2D eigenvalue weighted by atomic mass is 10.0. The Morgan fingerprint density at radius 1 is 0.250 bits per heavy atom. The van der Waals surface area contributed by atoms with E-state index in [9.17, 15) is 14.4 Å². The van der Waals surface area contributed by atoms with Gasteiger partial charge in [0.25, 0.3) is 0 Å². The van der Waals surface area contributed by atoms with E-state index in [1.165, 1.54) is 302 Å². The molecule has 0 aromatic rings. The third-order valence-corrected chi connectivity index (χ3v) is 16.7. The van der Waals surface area contributed by atoms with Crippen molar-refractivity contribution in [2.45, 2.75) is 419 Å². The molecule has 0 aliphatic carbocycles. The van der Waals surface area contributed by atoms with Crippen LogP contribution in [0.2, 0.25) is 0 Å². The first kappa shape index (κ1) is 77.9. The van der Waals surface area contributed by atoms with Crippen molar-refractivity contribution in [3.05, 3.63) is 24.3 Å². The van der Waals surface area contributed by atoms with Gasteiger partial charge in [-0.1, -0.05) is 366 Å². The second-order valence-electron chi connectivity index (χ2n) is 24.9. The SMILES string of the molecule is CCCCCC/C=C\C/C=C\CCCCCCCCCC(=O)OC(COC(=O)CCCCCCCCCCCCC)COC(=O)CCCCCCCCCCCCCCCCCCCCCCCCCCCCCCCCCCC. The molecule has 0 saturated carbocycles. The number of esters is 3. The molecule has 0 aromatic carbocycles. The predicted octanol–water partition coefficient (Wildman–Crippen LogP) is 25.0. The quantitative estimate of drug-likeness (QED) is 0.0261. The molecule has 0 aromatic heterocycles. The molecule has 0 bridgehead atoms. The number of unbranched alkanes of at least 4 members (excludes halogenated alkanes) is 53. The van der Waals surface area contributed by atoms with E-state index in [4.69, 9.17) is 14.2 Å². The molecular weight excluding hydrogens is 985 g/mol. The van der Waals surface area contributed by atoms with Crippen molar-refractivity contribution in [3.63, 3.8) is 0 Å². The van der Waals surface area contributed by atoms with Gasteiger partial charge < -0.3 is 14.2 Å². The molecular formula is C74H140O6. The fourth-order valence-corrected chi connectivity index (χ4v) is 11.2. The van der Waals surface area contributed by atoms with Crippen LogP contribution in [0.15, 0.2) is 24.3 Å². The van der Waals surface area contributed by atoms with E-state index >= 15 is 0 Å². The molecule has 0 saturated heterocycles. The van der Waals surface area contributed by atoms with Gasteiger partial charge in [0.05, 0.1) is 0 Å². The van der Waals surface area contributed by atoms with Crippen molar-refractivity contribution in [2.24, 2.45) is 0 Å². The summed E-state index contributed by atoms with van der Waals surface area (Å²) < 4.78 is 17.0. The highest BCUT2D eigenvalue weighted by Crippen LogP contribution is 2.19. The summed E-state index contributed by atoms with van der Waals surface area (Å²) >= 11 is 0. The zero-order chi connectivity index (χ0) is 57.8. The minimum atomic E-state index is -0.772. The van der Waals surface area contributed by atoms with E-state index in [1.807, 2.05) is 0 Å². The molecule has 1 atom stereocenters. The lowest BCUT2D eigenvalue weighted by Crippen LogP contribution is -2.30. The average Bonchev–Trinajstić information content (AvgIpc) is 3.46. The van der Waals surface area contributed by atoms with Gasteiger partial charge in [-0.15, -0.1) is 0 Å². The molecule has 6 nitrogen and oxygen atoms in total. The van der Waals surface area contributed by atoms with Crippen LogP contribution in [-0.2, 0) is 28.6 Å². The van der Waals surface area contributed by atoms with Gasteiger partial charge in [0, 0.05) is 19.3 Å². The van der Waals surface area contributed by atoms with E-state index in [0.717, 1.165) is 70.6 Å². The van der Waals surface area contributed by atoms with Gasteiger partial charge in [-0.3, -0.25) is 14.4 Å². The van der Waals surface area contributed by atoms with Crippen molar-refractivity contribution in [1.82, 2.24) is 0 Å². The smallest absolute Gasteiger partial charge is 0.306 e. The summed E-state index contributed by atoms with van der Waals surface area (Å²) in [6.45, 7) is 6.69. The first-order valence-corrected chi connectivity index (χ1v) is 36.3. The summed E-state index contributed by atoms with van der Waals surface area (Å²) in [6, 6.07) is 0. The highest BCUT2D eigenvalue weighted by atomic mass is 16.6. The number of carbonyl (C=O) groups excluding carboxylic acids is 3. The van der Waals surface area contributed by atoms with Crippen LogP contribution in [0.3, 0.4) is 0 Å². The fourth-order valence-electron chi connectivity index (χ4n) is 11.2. The second kappa shape index (κ2) is 69.4. The van der Waals surface area contributed by atoms with Crippen LogP contribution < -0.4 is 0 Å². The molecule has 0 aliphatic heterocycles. The average molecular weight is 1130 g/mol. The van der Waals surface area contributed by atoms with Gasteiger partial charge in [0.1, 0.15) is 13.2 Å². The zero-order valence-corrected chi connectivity index (χ0v) is 54.4. The molecule has 0 rings (SSSR count). The summed E-state index contributed by atoms with van der Waals surface area (Å²) in [6.07, 6.45) is 85.2. The Labute approximate surface area is 500 Å². The van der Waals surface area contributed by atoms with Crippen LogP contribution in [0.1, 0.15) is 412 Å². The molecule has 0 fully saturated rings. The summed E-state index contributed by atoms with van der Waals surface area (Å²) in [5.41, 5.74) is 0. The van der Waals surface area contributed by atoms with Crippen LogP contribution in [-0.4, -0.2) is 37.2 Å². The van der Waals surface area contributed by atoms with Gasteiger partial charge in [-0.05, 0) is 51.4 Å². The fraction of sp³-hybridized carbons (Fsp3) is 0.905. The van der Waals surface area contributed by atoms with Crippen molar-refractivity contribution in [3.8, 4) is 0 Å². The number of carbonyl (C=O) groups is 3. The maximum atomic E-state index is 12.9. The molecule has 0 spiro atoms. The highest BCUT2D eigenvalue weighted by Gasteiger charge is 2.19. The molecule has 0 heterocycles. The molecule has 472 valence electrons. The minimum Gasteiger partial charge on any atom is -0.462 e. The summed E-state index contributed by atoms with van der Waals surface area (Å²) in [7, 11) is 0. The lowest BCUT2D eigenvalue weighted by molar-refractivity contribution is -0.167. The van der Waals surface area contributed by atoms with Gasteiger partial charge in [0.2, 0.25) is 0 Å². The number of rotatable bonds is 68. The molecule has 80 heavy (non-hydrogen) atoms. The number of allylic oxidation sites excluding steroid dienone is 4. The van der Waals surface area contributed by atoms with Crippen LogP contribution in [0.25, 0.3) is 0 Å². The third-order valence-electron chi connectivity index (χ3n) is 16.7. The number of ether oxygens (including phenoxy) is 3. The van der Waals surface area contributed by atoms with Crippen molar-refractivity contribution < 1.29 is 28.6 Å². The van der Waals surface area contributed by atoms with Crippen LogP contribution >= 0.6 is 0 Å². The molecule has 0 amide bonds. The van der Waals surface area contributed by atoms with Crippen LogP contribution in [0.4, 0.5) is 0 Å². The van der Waals surface area contributed by atoms with Crippen molar-refractivity contribution >= 4 is 17.9 Å². The largest absolute Gasteiger partial charge is 0.462 e. The third kappa shape index (κ3) is 66.7. The molecule has 1 unspecified atom stereocenters. The van der Waals surface area contributed by atoms with Gasteiger partial charge in [-0.2, -0.15) is 0 Å². The highest BCUT2D eigenvalue weighted by molar-refractivity contribution is 5.71. The molecule has 0 aliphatic rings. The topological polar surface area (TPSA) is 78.9 Å². The molecule has 0 N–H and O–H groups in total. The Hall–Kier alpha value is -2.11. The van der Waals surface area contributed by atoms with E-state index < -0.39 is 6.10 Å². The van der Waals surface area contributed by atoms with Crippen molar-refractivity contribution in [1.29, 1.82) is 0 Å². The molecule has 6 heteroatoms. The first-order valence-electron chi connectivity index (χ1n) is 36.3. The van der Waals surface area contributed by atoms with E-state index in [1.54, 1.807) is 0 Å². The Balaban J connectivity index is 4.05. The monoisotopic (exact) mass is 1130 g/mol. The number of hydrogen-bond donors (Lipinski definition) is 0. The summed E-state index contributed by atoms with van der Waals surface area (Å²) in [5.74, 6) is -0.848. The van der Waals surface area contributed by atoms with Gasteiger partial charge >= 0.3 is 17.9 Å².